The molecule has 0 saturated carbocycles. The van der Waals surface area contributed by atoms with Gasteiger partial charge in [-0.05, 0) is 27.7 Å². The fourth-order valence-corrected chi connectivity index (χ4v) is 2.35. The first-order chi connectivity index (χ1) is 11.1. The number of benzene rings is 1. The van der Waals surface area contributed by atoms with Crippen molar-refractivity contribution >= 4 is 11.9 Å². The van der Waals surface area contributed by atoms with Crippen LogP contribution in [0.25, 0.3) is 0 Å². The molecule has 7 heteroatoms. The van der Waals surface area contributed by atoms with Gasteiger partial charge in [-0.3, -0.25) is 0 Å². The molecule has 0 aromatic heterocycles. The van der Waals surface area contributed by atoms with E-state index < -0.39 is 11.9 Å². The van der Waals surface area contributed by atoms with Crippen molar-refractivity contribution in [2.24, 2.45) is 0 Å². The predicted octanol–water partition coefficient (Wildman–Crippen LogP) is 2.59. The molecule has 0 bridgehead atoms. The van der Waals surface area contributed by atoms with Crippen LogP contribution in [0.3, 0.4) is 0 Å². The van der Waals surface area contributed by atoms with Crippen LogP contribution in [0.15, 0.2) is 0 Å². The molecule has 1 heterocycles. The molecule has 0 amide bonds. The molecule has 0 spiro atoms. The number of hydrogen-bond donors (Lipinski definition) is 0. The monoisotopic (exact) mass is 324 g/mol. The number of carbonyl (C=O) groups is 2. The predicted molar refractivity (Wildman–Crippen MR) is 80.9 cm³/mol. The second-order valence-corrected chi connectivity index (χ2v) is 4.48. The van der Waals surface area contributed by atoms with Gasteiger partial charge in [-0.2, -0.15) is 0 Å². The van der Waals surface area contributed by atoms with Crippen molar-refractivity contribution in [3.8, 4) is 23.0 Å². The van der Waals surface area contributed by atoms with Gasteiger partial charge in [0, 0.05) is 0 Å². The first-order valence-electron chi connectivity index (χ1n) is 7.62. The highest BCUT2D eigenvalue weighted by Crippen LogP contribution is 2.52. The topological polar surface area (TPSA) is 80.3 Å². The lowest BCUT2D eigenvalue weighted by Crippen LogP contribution is -2.10. The van der Waals surface area contributed by atoms with Crippen molar-refractivity contribution in [1.29, 1.82) is 0 Å². The Morgan fingerprint density at radius 1 is 0.609 bits per heavy atom. The molecule has 0 saturated heterocycles. The summed E-state index contributed by atoms with van der Waals surface area (Å²) in [5.41, 5.74) is 0.0411. The third-order valence-corrected chi connectivity index (χ3v) is 3.07. The van der Waals surface area contributed by atoms with E-state index in [0.717, 1.165) is 0 Å². The van der Waals surface area contributed by atoms with E-state index >= 15 is 0 Å². The minimum absolute atomic E-state index is 0.0206. The molecule has 0 fully saturated rings. The Bertz CT molecular complexity index is 569. The normalized spacial score (nSPS) is 12.7. The van der Waals surface area contributed by atoms with Gasteiger partial charge in [0.05, 0.1) is 26.4 Å². The van der Waals surface area contributed by atoms with Crippen LogP contribution in [0.5, 0.6) is 23.0 Å². The van der Waals surface area contributed by atoms with E-state index in [-0.39, 0.29) is 47.3 Å². The Morgan fingerprint density at radius 2 is 0.913 bits per heavy atom. The molecule has 0 N–H and O–H groups in total. The quantitative estimate of drug-likeness (QED) is 0.537. The maximum atomic E-state index is 12.1. The molecule has 7 nitrogen and oxygen atoms in total. The van der Waals surface area contributed by atoms with Gasteiger partial charge in [0.15, 0.2) is 11.5 Å². The van der Waals surface area contributed by atoms with Crippen LogP contribution in [0.1, 0.15) is 48.4 Å². The summed E-state index contributed by atoms with van der Waals surface area (Å²) in [6, 6.07) is 0. The molecule has 0 atom stereocenters. The van der Waals surface area contributed by atoms with Gasteiger partial charge in [0.25, 0.3) is 0 Å². The number of hydrogen-bond acceptors (Lipinski definition) is 7. The van der Waals surface area contributed by atoms with Gasteiger partial charge in [-0.15, -0.1) is 0 Å². The van der Waals surface area contributed by atoms with Crippen LogP contribution in [-0.2, 0) is 4.74 Å². The third-order valence-electron chi connectivity index (χ3n) is 3.07. The largest absolute Gasteiger partial charge is 0.489 e. The van der Waals surface area contributed by atoms with E-state index in [4.69, 9.17) is 23.7 Å². The van der Waals surface area contributed by atoms with E-state index in [9.17, 15) is 9.59 Å². The lowest BCUT2D eigenvalue weighted by atomic mass is 10.0. The second kappa shape index (κ2) is 7.21. The highest BCUT2D eigenvalue weighted by Gasteiger charge is 2.42. The SMILES string of the molecule is CCOc1c(OCC)c(OCC)c2c(c1OCC)C(=O)OC2=O. The zero-order valence-electron chi connectivity index (χ0n) is 13.7. The Morgan fingerprint density at radius 3 is 1.22 bits per heavy atom. The van der Waals surface area contributed by atoms with Crippen LogP contribution in [0.4, 0.5) is 0 Å². The first kappa shape index (κ1) is 16.9. The summed E-state index contributed by atoms with van der Waals surface area (Å²) < 4.78 is 27.1. The molecule has 23 heavy (non-hydrogen) atoms. The summed E-state index contributed by atoms with van der Waals surface area (Å²) in [7, 11) is 0. The summed E-state index contributed by atoms with van der Waals surface area (Å²) in [5, 5.41) is 0. The fourth-order valence-electron chi connectivity index (χ4n) is 2.35. The van der Waals surface area contributed by atoms with Crippen LogP contribution < -0.4 is 18.9 Å². The first-order valence-corrected chi connectivity index (χ1v) is 7.62. The molecular weight excluding hydrogens is 304 g/mol. The van der Waals surface area contributed by atoms with Crippen LogP contribution >= 0.6 is 0 Å². The molecule has 0 aliphatic carbocycles. The molecule has 0 radical (unpaired) electrons. The lowest BCUT2D eigenvalue weighted by Gasteiger charge is -2.20. The Balaban J connectivity index is 2.83. The molecule has 1 aliphatic rings. The van der Waals surface area contributed by atoms with E-state index in [2.05, 4.69) is 0 Å². The summed E-state index contributed by atoms with van der Waals surface area (Å²) in [6.45, 7) is 8.34. The van der Waals surface area contributed by atoms with E-state index in [1.54, 1.807) is 27.7 Å². The summed E-state index contributed by atoms with van der Waals surface area (Å²) in [6.07, 6.45) is 0. The number of ether oxygens (including phenoxy) is 5. The number of fused-ring (bicyclic) bond motifs is 1. The summed E-state index contributed by atoms with van der Waals surface area (Å²) in [4.78, 5) is 24.2. The van der Waals surface area contributed by atoms with Gasteiger partial charge < -0.3 is 23.7 Å². The maximum Gasteiger partial charge on any atom is 0.351 e. The minimum Gasteiger partial charge on any atom is -0.489 e. The smallest absolute Gasteiger partial charge is 0.351 e. The standard InChI is InChI=1S/C16H20O7/c1-5-19-11-9-10(16(18)23-15(9)17)12(20-6-2)14(22-8-4)13(11)21-7-3/h5-8H2,1-4H3. The van der Waals surface area contributed by atoms with Gasteiger partial charge in [0.2, 0.25) is 11.5 Å². The van der Waals surface area contributed by atoms with Crippen molar-refractivity contribution in [1.82, 2.24) is 0 Å². The molecular formula is C16H20O7. The molecule has 126 valence electrons. The molecule has 1 aliphatic heterocycles. The zero-order valence-corrected chi connectivity index (χ0v) is 13.7. The van der Waals surface area contributed by atoms with Crippen molar-refractivity contribution in [3.05, 3.63) is 11.1 Å². The van der Waals surface area contributed by atoms with E-state index in [1.165, 1.54) is 0 Å². The summed E-state index contributed by atoms with van der Waals surface area (Å²) >= 11 is 0. The number of esters is 2. The van der Waals surface area contributed by atoms with Gasteiger partial charge in [-0.1, -0.05) is 0 Å². The van der Waals surface area contributed by atoms with Crippen molar-refractivity contribution in [2.45, 2.75) is 27.7 Å². The number of carbonyl (C=O) groups excluding carboxylic acids is 2. The van der Waals surface area contributed by atoms with Crippen molar-refractivity contribution in [3.63, 3.8) is 0 Å². The zero-order chi connectivity index (χ0) is 17.0. The average Bonchev–Trinajstić information content (AvgIpc) is 2.81. The maximum absolute atomic E-state index is 12.1. The van der Waals surface area contributed by atoms with Crippen LogP contribution in [0.2, 0.25) is 0 Å². The van der Waals surface area contributed by atoms with E-state index in [0.29, 0.717) is 13.2 Å². The highest BCUT2D eigenvalue weighted by atomic mass is 16.6. The Kier molecular flexibility index (Phi) is 5.31. The minimum atomic E-state index is -0.779. The third kappa shape index (κ3) is 2.91. The second-order valence-electron chi connectivity index (χ2n) is 4.48. The highest BCUT2D eigenvalue weighted by molar-refractivity contribution is 6.19. The number of rotatable bonds is 8. The Hall–Kier alpha value is -2.44. The van der Waals surface area contributed by atoms with Gasteiger partial charge >= 0.3 is 11.9 Å². The molecule has 1 aromatic carbocycles. The Labute approximate surface area is 134 Å². The average molecular weight is 324 g/mol. The summed E-state index contributed by atoms with van der Waals surface area (Å²) in [5.74, 6) is -0.786. The fraction of sp³-hybridized carbons (Fsp3) is 0.500. The molecule has 0 unspecified atom stereocenters. The van der Waals surface area contributed by atoms with Crippen LogP contribution in [-0.4, -0.2) is 38.4 Å². The number of cyclic esters (lactones) is 2. The lowest BCUT2D eigenvalue weighted by molar-refractivity contribution is 0.0441. The van der Waals surface area contributed by atoms with Crippen LogP contribution in [0, 0.1) is 0 Å². The van der Waals surface area contributed by atoms with Gasteiger partial charge in [0.1, 0.15) is 11.1 Å². The van der Waals surface area contributed by atoms with Crippen molar-refractivity contribution < 1.29 is 33.3 Å². The van der Waals surface area contributed by atoms with E-state index in [1.807, 2.05) is 0 Å². The van der Waals surface area contributed by atoms with Gasteiger partial charge in [-0.25, -0.2) is 9.59 Å². The van der Waals surface area contributed by atoms with Crippen molar-refractivity contribution in [2.75, 3.05) is 26.4 Å². The molecule has 2 rings (SSSR count). The molecule has 1 aromatic rings.